The zero-order valence-electron chi connectivity index (χ0n) is 18.3. The van der Waals surface area contributed by atoms with Crippen LogP contribution in [-0.2, 0) is 6.54 Å². The van der Waals surface area contributed by atoms with Gasteiger partial charge in [0.15, 0.2) is 5.69 Å². The molecule has 0 saturated carbocycles. The topological polar surface area (TPSA) is 66.3 Å². The first kappa shape index (κ1) is 25.6. The van der Waals surface area contributed by atoms with E-state index in [2.05, 4.69) is 57.8 Å². The number of carbonyl (C=O) groups excluding carboxylic acids is 1. The fourth-order valence-electron chi connectivity index (χ4n) is 4.57. The van der Waals surface area contributed by atoms with Crippen LogP contribution in [0.5, 0.6) is 0 Å². The van der Waals surface area contributed by atoms with E-state index in [9.17, 15) is 4.79 Å². The Morgan fingerprint density at radius 2 is 1.87 bits per heavy atom. The van der Waals surface area contributed by atoms with E-state index in [1.807, 2.05) is 22.8 Å². The number of rotatable bonds is 5. The molecular weight excluding hydrogens is 435 g/mol. The van der Waals surface area contributed by atoms with Crippen LogP contribution in [0.1, 0.15) is 54.7 Å². The molecule has 2 unspecified atom stereocenters. The summed E-state index contributed by atoms with van der Waals surface area (Å²) in [6, 6.07) is 11.6. The van der Waals surface area contributed by atoms with Crippen LogP contribution in [0.15, 0.2) is 36.5 Å². The third kappa shape index (κ3) is 6.19. The Balaban J connectivity index is 0.00000171. The van der Waals surface area contributed by atoms with Gasteiger partial charge in [-0.2, -0.15) is 0 Å². The summed E-state index contributed by atoms with van der Waals surface area (Å²) in [4.78, 5) is 17.4. The van der Waals surface area contributed by atoms with E-state index < -0.39 is 0 Å². The molecule has 2 saturated heterocycles. The Morgan fingerprint density at radius 1 is 1.16 bits per heavy atom. The molecule has 1 N–H and O–H groups in total. The van der Waals surface area contributed by atoms with Gasteiger partial charge in [-0.3, -0.25) is 9.69 Å². The molecule has 2 aliphatic heterocycles. The number of carbonyl (C=O) groups is 1. The average molecular weight is 469 g/mol. The quantitative estimate of drug-likeness (QED) is 0.729. The largest absolute Gasteiger partial charge is 0.337 e. The Hall–Kier alpha value is -1.67. The Kier molecular flexibility index (Phi) is 9.75. The van der Waals surface area contributed by atoms with E-state index in [4.69, 9.17) is 0 Å². The highest BCUT2D eigenvalue weighted by molar-refractivity contribution is 5.92. The summed E-state index contributed by atoms with van der Waals surface area (Å²) in [5, 5.41) is 11.8. The number of halogens is 2. The maximum atomic E-state index is 13.0. The normalized spacial score (nSPS) is 22.3. The third-order valence-electron chi connectivity index (χ3n) is 6.49. The van der Waals surface area contributed by atoms with E-state index in [0.29, 0.717) is 17.8 Å². The zero-order valence-corrected chi connectivity index (χ0v) is 19.9. The van der Waals surface area contributed by atoms with Gasteiger partial charge in [0.25, 0.3) is 5.91 Å². The summed E-state index contributed by atoms with van der Waals surface area (Å²) in [7, 11) is 1.91. The number of nitrogens with one attached hydrogen (secondary N) is 1. The van der Waals surface area contributed by atoms with E-state index in [1.54, 1.807) is 0 Å². The van der Waals surface area contributed by atoms with Crippen LogP contribution in [0, 0.1) is 0 Å². The summed E-state index contributed by atoms with van der Waals surface area (Å²) in [6.45, 7) is 6.22. The van der Waals surface area contributed by atoms with E-state index >= 15 is 0 Å². The maximum Gasteiger partial charge on any atom is 0.276 e. The summed E-state index contributed by atoms with van der Waals surface area (Å²) in [6.07, 6.45) is 5.87. The van der Waals surface area contributed by atoms with Crippen LogP contribution in [0.2, 0.25) is 0 Å². The molecule has 4 rings (SSSR count). The van der Waals surface area contributed by atoms with Crippen molar-refractivity contribution < 1.29 is 4.79 Å². The SMILES string of the molecule is CC1CC(N(C)C(=O)c2cn(C3CCNCC3)nn2)CCN1Cc1ccccc1.Cl.Cl. The van der Waals surface area contributed by atoms with Gasteiger partial charge in [-0.25, -0.2) is 4.68 Å². The van der Waals surface area contributed by atoms with Gasteiger partial charge in [-0.15, -0.1) is 29.9 Å². The molecule has 0 bridgehead atoms. The molecule has 2 atom stereocenters. The standard InChI is InChI=1S/C22H32N6O.2ClH/c1-17-14-20(10-13-27(17)15-18-6-4-3-5-7-18)26(2)22(29)21-16-28(25-24-21)19-8-11-23-12-9-19;;/h3-7,16-17,19-20,23H,8-15H2,1-2H3;2*1H. The molecule has 2 fully saturated rings. The van der Waals surface area contributed by atoms with Gasteiger partial charge in [0.05, 0.1) is 12.2 Å². The molecule has 3 heterocycles. The maximum absolute atomic E-state index is 13.0. The van der Waals surface area contributed by atoms with Gasteiger partial charge >= 0.3 is 0 Å². The predicted molar refractivity (Wildman–Crippen MR) is 127 cm³/mol. The Labute approximate surface area is 197 Å². The minimum Gasteiger partial charge on any atom is -0.337 e. The van der Waals surface area contributed by atoms with Crippen molar-refractivity contribution in [1.82, 2.24) is 30.1 Å². The van der Waals surface area contributed by atoms with Gasteiger partial charge in [0.2, 0.25) is 0 Å². The molecule has 0 spiro atoms. The predicted octanol–water partition coefficient (Wildman–Crippen LogP) is 3.17. The van der Waals surface area contributed by atoms with Crippen molar-refractivity contribution in [3.8, 4) is 0 Å². The molecule has 0 radical (unpaired) electrons. The molecule has 0 aliphatic carbocycles. The number of amides is 1. The fourth-order valence-corrected chi connectivity index (χ4v) is 4.57. The van der Waals surface area contributed by atoms with Crippen LogP contribution in [0.4, 0.5) is 0 Å². The lowest BCUT2D eigenvalue weighted by Gasteiger charge is -2.41. The van der Waals surface area contributed by atoms with Crippen molar-refractivity contribution >= 4 is 30.7 Å². The minimum absolute atomic E-state index is 0. The van der Waals surface area contributed by atoms with Crippen molar-refractivity contribution in [3.63, 3.8) is 0 Å². The molecule has 7 nitrogen and oxygen atoms in total. The van der Waals surface area contributed by atoms with Gasteiger partial charge in [0.1, 0.15) is 0 Å². The van der Waals surface area contributed by atoms with E-state index in [0.717, 1.165) is 51.9 Å². The van der Waals surface area contributed by atoms with Gasteiger partial charge in [0, 0.05) is 32.2 Å². The van der Waals surface area contributed by atoms with Crippen molar-refractivity contribution in [1.29, 1.82) is 0 Å². The first-order chi connectivity index (χ1) is 14.1. The van der Waals surface area contributed by atoms with Crippen molar-refractivity contribution in [2.75, 3.05) is 26.7 Å². The lowest BCUT2D eigenvalue weighted by molar-refractivity contribution is 0.0533. The molecule has 1 amide bonds. The summed E-state index contributed by atoms with van der Waals surface area (Å²) < 4.78 is 1.88. The van der Waals surface area contributed by atoms with Crippen LogP contribution in [-0.4, -0.2) is 69.5 Å². The van der Waals surface area contributed by atoms with E-state index in [1.165, 1.54) is 5.56 Å². The average Bonchev–Trinajstić information content (AvgIpc) is 3.26. The van der Waals surface area contributed by atoms with Crippen LogP contribution >= 0.6 is 24.8 Å². The molecule has 2 aromatic rings. The Bertz CT molecular complexity index is 811. The van der Waals surface area contributed by atoms with Gasteiger partial charge in [-0.1, -0.05) is 35.5 Å². The number of aromatic nitrogens is 3. The number of hydrogen-bond acceptors (Lipinski definition) is 5. The molecule has 172 valence electrons. The smallest absolute Gasteiger partial charge is 0.276 e. The number of benzene rings is 1. The lowest BCUT2D eigenvalue weighted by Crippen LogP contribution is -2.49. The first-order valence-corrected chi connectivity index (χ1v) is 10.8. The van der Waals surface area contributed by atoms with Crippen LogP contribution in [0.25, 0.3) is 0 Å². The zero-order chi connectivity index (χ0) is 20.2. The van der Waals surface area contributed by atoms with E-state index in [-0.39, 0.29) is 36.8 Å². The number of nitrogens with zero attached hydrogens (tertiary/aromatic N) is 5. The molecule has 9 heteroatoms. The van der Waals surface area contributed by atoms with Crippen molar-refractivity contribution in [2.45, 2.75) is 57.3 Å². The summed E-state index contributed by atoms with van der Waals surface area (Å²) in [5.41, 5.74) is 1.81. The monoisotopic (exact) mass is 468 g/mol. The minimum atomic E-state index is -0.0149. The second-order valence-corrected chi connectivity index (χ2v) is 8.46. The van der Waals surface area contributed by atoms with Crippen LogP contribution < -0.4 is 5.32 Å². The molecule has 2 aliphatic rings. The highest BCUT2D eigenvalue weighted by Gasteiger charge is 2.31. The highest BCUT2D eigenvalue weighted by atomic mass is 35.5. The molecule has 1 aromatic carbocycles. The van der Waals surface area contributed by atoms with Crippen molar-refractivity contribution in [3.05, 3.63) is 47.8 Å². The van der Waals surface area contributed by atoms with Gasteiger partial charge in [-0.05, 0) is 51.3 Å². The third-order valence-corrected chi connectivity index (χ3v) is 6.49. The Morgan fingerprint density at radius 3 is 2.55 bits per heavy atom. The number of likely N-dealkylation sites (tertiary alicyclic amines) is 1. The fraction of sp³-hybridized carbons (Fsp3) is 0.591. The highest BCUT2D eigenvalue weighted by Crippen LogP contribution is 2.24. The summed E-state index contributed by atoms with van der Waals surface area (Å²) >= 11 is 0. The molecule has 31 heavy (non-hydrogen) atoms. The van der Waals surface area contributed by atoms with Crippen molar-refractivity contribution in [2.24, 2.45) is 0 Å². The number of hydrogen-bond donors (Lipinski definition) is 1. The summed E-state index contributed by atoms with van der Waals surface area (Å²) in [5.74, 6) is -0.0149. The molecular formula is C22H34Cl2N6O. The van der Waals surface area contributed by atoms with Crippen LogP contribution in [0.3, 0.4) is 0 Å². The van der Waals surface area contributed by atoms with Gasteiger partial charge < -0.3 is 10.2 Å². The first-order valence-electron chi connectivity index (χ1n) is 10.8. The lowest BCUT2D eigenvalue weighted by atomic mass is 9.96. The number of piperidine rings is 2. The second-order valence-electron chi connectivity index (χ2n) is 8.46. The molecule has 1 aromatic heterocycles. The second kappa shape index (κ2) is 11.8.